The smallest absolute Gasteiger partial charge is 0.337 e. The van der Waals surface area contributed by atoms with E-state index < -0.39 is 5.97 Å². The molecule has 1 aliphatic carbocycles. The van der Waals surface area contributed by atoms with Crippen molar-refractivity contribution in [2.75, 3.05) is 16.9 Å². The number of carboxylic acids is 1. The van der Waals surface area contributed by atoms with Gasteiger partial charge in [0, 0.05) is 41.6 Å². The van der Waals surface area contributed by atoms with Gasteiger partial charge in [0.2, 0.25) is 5.95 Å². The molecule has 0 radical (unpaired) electrons. The normalized spacial score (nSPS) is 18.0. The fourth-order valence-electron chi connectivity index (χ4n) is 3.56. The fourth-order valence-corrected chi connectivity index (χ4v) is 3.88. The second-order valence-electron chi connectivity index (χ2n) is 7.27. The SMILES string of the molecule is CSc1cnc(N[C@H]2CC[C@H](Nc3ccc(-n4cc(C(=O)O)ccc4=O)cn3)C2)nc1. The Morgan fingerprint density at radius 3 is 2.45 bits per heavy atom. The van der Waals surface area contributed by atoms with Gasteiger partial charge in [-0.15, -0.1) is 11.8 Å². The second kappa shape index (κ2) is 9.17. The van der Waals surface area contributed by atoms with E-state index >= 15 is 0 Å². The molecule has 1 saturated carbocycles. The van der Waals surface area contributed by atoms with E-state index in [1.54, 1.807) is 30.1 Å². The Bertz CT molecular complexity index is 1120. The summed E-state index contributed by atoms with van der Waals surface area (Å²) in [5.41, 5.74) is 0.235. The van der Waals surface area contributed by atoms with E-state index in [1.807, 2.05) is 18.6 Å². The molecule has 0 saturated heterocycles. The third-order valence-electron chi connectivity index (χ3n) is 5.17. The largest absolute Gasteiger partial charge is 0.478 e. The molecule has 0 spiro atoms. The van der Waals surface area contributed by atoms with Crippen molar-refractivity contribution in [2.45, 2.75) is 36.2 Å². The molecule has 1 aliphatic rings. The number of anilines is 2. The van der Waals surface area contributed by atoms with Gasteiger partial charge in [-0.1, -0.05) is 0 Å². The van der Waals surface area contributed by atoms with Crippen molar-refractivity contribution in [1.29, 1.82) is 0 Å². The summed E-state index contributed by atoms with van der Waals surface area (Å²) < 4.78 is 1.28. The average molecular weight is 439 g/mol. The van der Waals surface area contributed by atoms with Gasteiger partial charge in [0.1, 0.15) is 5.82 Å². The first kappa shape index (κ1) is 20.9. The topological polar surface area (TPSA) is 122 Å². The summed E-state index contributed by atoms with van der Waals surface area (Å²) in [6, 6.07) is 6.61. The maximum Gasteiger partial charge on any atom is 0.337 e. The van der Waals surface area contributed by atoms with Crippen molar-refractivity contribution in [3.05, 3.63) is 65.0 Å². The van der Waals surface area contributed by atoms with Gasteiger partial charge in [0.25, 0.3) is 5.56 Å². The maximum absolute atomic E-state index is 12.1. The predicted molar refractivity (Wildman–Crippen MR) is 119 cm³/mol. The molecule has 0 aromatic carbocycles. The van der Waals surface area contributed by atoms with E-state index in [-0.39, 0.29) is 23.2 Å². The van der Waals surface area contributed by atoms with Crippen LogP contribution in [0.4, 0.5) is 11.8 Å². The van der Waals surface area contributed by atoms with Crippen LogP contribution in [0.3, 0.4) is 0 Å². The summed E-state index contributed by atoms with van der Waals surface area (Å²) in [6.07, 6.45) is 11.4. The maximum atomic E-state index is 12.1. The Morgan fingerprint density at radius 2 is 1.81 bits per heavy atom. The number of hydrogen-bond donors (Lipinski definition) is 3. The van der Waals surface area contributed by atoms with Crippen molar-refractivity contribution in [3.63, 3.8) is 0 Å². The van der Waals surface area contributed by atoms with Gasteiger partial charge in [0.05, 0.1) is 17.4 Å². The molecule has 3 aromatic rings. The van der Waals surface area contributed by atoms with Crippen LogP contribution in [0.15, 0.2) is 58.7 Å². The molecule has 3 heterocycles. The van der Waals surface area contributed by atoms with Gasteiger partial charge >= 0.3 is 5.97 Å². The van der Waals surface area contributed by atoms with E-state index in [0.29, 0.717) is 17.5 Å². The van der Waals surface area contributed by atoms with Gasteiger partial charge in [-0.25, -0.2) is 19.7 Å². The van der Waals surface area contributed by atoms with Gasteiger partial charge in [-0.3, -0.25) is 9.36 Å². The van der Waals surface area contributed by atoms with Crippen LogP contribution in [-0.4, -0.2) is 48.9 Å². The number of pyridine rings is 2. The quantitative estimate of drug-likeness (QED) is 0.478. The van der Waals surface area contributed by atoms with Crippen LogP contribution in [0.2, 0.25) is 0 Å². The molecule has 0 amide bonds. The van der Waals surface area contributed by atoms with Crippen LogP contribution < -0.4 is 16.2 Å². The highest BCUT2D eigenvalue weighted by molar-refractivity contribution is 7.98. The first-order valence-electron chi connectivity index (χ1n) is 9.83. The Labute approximate surface area is 183 Å². The molecule has 2 atom stereocenters. The lowest BCUT2D eigenvalue weighted by molar-refractivity contribution is 0.0696. The summed E-state index contributed by atoms with van der Waals surface area (Å²) in [7, 11) is 0. The molecule has 160 valence electrons. The molecular formula is C21H22N6O3S. The zero-order chi connectivity index (χ0) is 21.8. The number of nitrogens with zero attached hydrogens (tertiary/aromatic N) is 4. The third-order valence-corrected chi connectivity index (χ3v) is 5.85. The standard InChI is InChI=1S/C21H22N6O3S/c1-31-17-10-23-21(24-11-17)26-15-4-3-14(8-15)25-18-6-5-16(9-22-18)27-12-13(20(29)30)2-7-19(27)28/h2,5-7,9-12,14-15H,3-4,8H2,1H3,(H,22,25)(H,29,30)(H,23,24,26)/t14-,15-/m0/s1. The van der Waals surface area contributed by atoms with Crippen molar-refractivity contribution in [1.82, 2.24) is 19.5 Å². The van der Waals surface area contributed by atoms with Gasteiger partial charge < -0.3 is 15.7 Å². The van der Waals surface area contributed by atoms with Crippen LogP contribution >= 0.6 is 11.8 Å². The molecule has 0 unspecified atom stereocenters. The molecule has 3 N–H and O–H groups in total. The Hall–Kier alpha value is -3.40. The molecule has 9 nitrogen and oxygen atoms in total. The number of carboxylic acid groups (broad SMARTS) is 1. The van der Waals surface area contributed by atoms with Crippen molar-refractivity contribution < 1.29 is 9.90 Å². The van der Waals surface area contributed by atoms with Crippen LogP contribution in [-0.2, 0) is 0 Å². The van der Waals surface area contributed by atoms with Crippen LogP contribution in [0, 0.1) is 0 Å². The van der Waals surface area contributed by atoms with E-state index in [0.717, 1.165) is 24.2 Å². The lowest BCUT2D eigenvalue weighted by Gasteiger charge is -2.15. The number of rotatable bonds is 7. The van der Waals surface area contributed by atoms with E-state index in [1.165, 1.54) is 22.9 Å². The minimum Gasteiger partial charge on any atom is -0.478 e. The lowest BCUT2D eigenvalue weighted by Crippen LogP contribution is -2.22. The average Bonchev–Trinajstić information content (AvgIpc) is 3.22. The first-order chi connectivity index (χ1) is 15.0. The van der Waals surface area contributed by atoms with Crippen molar-refractivity contribution in [3.8, 4) is 5.69 Å². The minimum absolute atomic E-state index is 0.0402. The molecule has 0 aliphatic heterocycles. The molecule has 0 bridgehead atoms. The van der Waals surface area contributed by atoms with Crippen molar-refractivity contribution >= 4 is 29.5 Å². The Kier molecular flexibility index (Phi) is 6.17. The molecule has 3 aromatic heterocycles. The molecular weight excluding hydrogens is 416 g/mol. The number of thioether (sulfide) groups is 1. The first-order valence-corrected chi connectivity index (χ1v) is 11.1. The van der Waals surface area contributed by atoms with E-state index in [9.17, 15) is 9.59 Å². The van der Waals surface area contributed by atoms with E-state index in [2.05, 4.69) is 25.6 Å². The Balaban J connectivity index is 1.37. The summed E-state index contributed by atoms with van der Waals surface area (Å²) in [5, 5.41) is 15.9. The zero-order valence-electron chi connectivity index (χ0n) is 16.9. The number of nitrogens with one attached hydrogen (secondary N) is 2. The summed E-state index contributed by atoms with van der Waals surface area (Å²) in [5.74, 6) is 0.257. The summed E-state index contributed by atoms with van der Waals surface area (Å²) in [4.78, 5) is 37.4. The minimum atomic E-state index is -1.09. The second-order valence-corrected chi connectivity index (χ2v) is 8.15. The fraction of sp³-hybridized carbons (Fsp3) is 0.286. The number of aromatic nitrogens is 4. The Morgan fingerprint density at radius 1 is 1.06 bits per heavy atom. The number of hydrogen-bond acceptors (Lipinski definition) is 8. The summed E-state index contributed by atoms with van der Waals surface area (Å²) in [6.45, 7) is 0. The number of carbonyl (C=O) groups is 1. The molecule has 31 heavy (non-hydrogen) atoms. The summed E-state index contributed by atoms with van der Waals surface area (Å²) >= 11 is 1.61. The van der Waals surface area contributed by atoms with Crippen LogP contribution in [0.1, 0.15) is 29.6 Å². The number of aromatic carboxylic acids is 1. The molecule has 10 heteroatoms. The van der Waals surface area contributed by atoms with Gasteiger partial charge in [-0.2, -0.15) is 0 Å². The highest BCUT2D eigenvalue weighted by Crippen LogP contribution is 2.25. The lowest BCUT2D eigenvalue weighted by atomic mass is 10.2. The van der Waals surface area contributed by atoms with Crippen molar-refractivity contribution in [2.24, 2.45) is 0 Å². The third kappa shape index (κ3) is 5.02. The molecule has 1 fully saturated rings. The highest BCUT2D eigenvalue weighted by Gasteiger charge is 2.25. The molecule has 4 rings (SSSR count). The highest BCUT2D eigenvalue weighted by atomic mass is 32.2. The van der Waals surface area contributed by atoms with Crippen LogP contribution in [0.25, 0.3) is 5.69 Å². The predicted octanol–water partition coefficient (Wildman–Crippen LogP) is 2.89. The van der Waals surface area contributed by atoms with Crippen LogP contribution in [0.5, 0.6) is 0 Å². The zero-order valence-corrected chi connectivity index (χ0v) is 17.7. The van der Waals surface area contributed by atoms with Gasteiger partial charge in [-0.05, 0) is 43.7 Å². The monoisotopic (exact) mass is 438 g/mol. The van der Waals surface area contributed by atoms with E-state index in [4.69, 9.17) is 5.11 Å². The van der Waals surface area contributed by atoms with Gasteiger partial charge in [0.15, 0.2) is 0 Å².